The molecule has 1 heterocycles. The third-order valence-electron chi connectivity index (χ3n) is 3.33. The van der Waals surface area contributed by atoms with E-state index in [9.17, 15) is 0 Å². The first-order chi connectivity index (χ1) is 9.28. The van der Waals surface area contributed by atoms with Gasteiger partial charge in [0, 0.05) is 10.9 Å². The van der Waals surface area contributed by atoms with E-state index >= 15 is 0 Å². The molecule has 0 aliphatic rings. The second kappa shape index (κ2) is 5.02. The Labute approximate surface area is 117 Å². The van der Waals surface area contributed by atoms with Crippen molar-refractivity contribution in [3.63, 3.8) is 0 Å². The Morgan fingerprint density at radius 2 is 1.79 bits per heavy atom. The van der Waals surface area contributed by atoms with Crippen LogP contribution in [0.4, 0.5) is 0 Å². The van der Waals surface area contributed by atoms with E-state index in [1.165, 1.54) is 5.56 Å². The van der Waals surface area contributed by atoms with Crippen molar-refractivity contribution in [1.29, 1.82) is 0 Å². The standard InChI is InChI=1S/C17H14ClN/c1-2-12-8-9-14-11-15(13-6-4-3-5-7-13)17(18)19-16(14)10-12/h3-11H,2H2,1H3. The minimum absolute atomic E-state index is 0.562. The van der Waals surface area contributed by atoms with Crippen molar-refractivity contribution in [3.8, 4) is 11.1 Å². The van der Waals surface area contributed by atoms with E-state index in [1.54, 1.807) is 0 Å². The van der Waals surface area contributed by atoms with Crippen LogP contribution in [0.5, 0.6) is 0 Å². The van der Waals surface area contributed by atoms with Gasteiger partial charge < -0.3 is 0 Å². The summed E-state index contributed by atoms with van der Waals surface area (Å²) in [7, 11) is 0. The SMILES string of the molecule is CCc1ccc2cc(-c3ccccc3)c(Cl)nc2c1. The second-order valence-electron chi connectivity index (χ2n) is 4.57. The van der Waals surface area contributed by atoms with Crippen LogP contribution in [-0.2, 0) is 6.42 Å². The highest BCUT2D eigenvalue weighted by molar-refractivity contribution is 6.32. The van der Waals surface area contributed by atoms with Crippen LogP contribution in [0.25, 0.3) is 22.0 Å². The van der Waals surface area contributed by atoms with Gasteiger partial charge in [-0.15, -0.1) is 0 Å². The average Bonchev–Trinajstić information content (AvgIpc) is 2.47. The number of benzene rings is 2. The van der Waals surface area contributed by atoms with Gasteiger partial charge in [0.05, 0.1) is 5.52 Å². The van der Waals surface area contributed by atoms with Crippen molar-refractivity contribution in [3.05, 3.63) is 65.3 Å². The molecule has 19 heavy (non-hydrogen) atoms. The highest BCUT2D eigenvalue weighted by Crippen LogP contribution is 2.30. The van der Waals surface area contributed by atoms with Gasteiger partial charge in [0.15, 0.2) is 0 Å². The minimum Gasteiger partial charge on any atom is -0.235 e. The molecule has 2 aromatic carbocycles. The van der Waals surface area contributed by atoms with Crippen LogP contribution in [0.2, 0.25) is 5.15 Å². The maximum Gasteiger partial charge on any atom is 0.137 e. The van der Waals surface area contributed by atoms with Gasteiger partial charge in [-0.1, -0.05) is 61.0 Å². The quantitative estimate of drug-likeness (QED) is 0.588. The normalized spacial score (nSPS) is 10.8. The van der Waals surface area contributed by atoms with E-state index in [0.717, 1.165) is 28.5 Å². The molecule has 0 amide bonds. The molecule has 2 heteroatoms. The summed E-state index contributed by atoms with van der Waals surface area (Å²) in [5.41, 5.74) is 4.33. The average molecular weight is 268 g/mol. The van der Waals surface area contributed by atoms with Crippen LogP contribution in [0.1, 0.15) is 12.5 Å². The Morgan fingerprint density at radius 3 is 2.53 bits per heavy atom. The monoisotopic (exact) mass is 267 g/mol. The van der Waals surface area contributed by atoms with E-state index < -0.39 is 0 Å². The van der Waals surface area contributed by atoms with Crippen molar-refractivity contribution in [2.24, 2.45) is 0 Å². The predicted octanol–water partition coefficient (Wildman–Crippen LogP) is 5.12. The summed E-state index contributed by atoms with van der Waals surface area (Å²) in [6.45, 7) is 2.14. The highest BCUT2D eigenvalue weighted by atomic mass is 35.5. The molecule has 3 rings (SSSR count). The van der Waals surface area contributed by atoms with Crippen molar-refractivity contribution in [2.75, 3.05) is 0 Å². The van der Waals surface area contributed by atoms with Gasteiger partial charge in [-0.25, -0.2) is 4.98 Å². The topological polar surface area (TPSA) is 12.9 Å². The first-order valence-corrected chi connectivity index (χ1v) is 6.80. The zero-order chi connectivity index (χ0) is 13.2. The van der Waals surface area contributed by atoms with Crippen LogP contribution < -0.4 is 0 Å². The summed E-state index contributed by atoms with van der Waals surface area (Å²) in [4.78, 5) is 4.53. The van der Waals surface area contributed by atoms with Gasteiger partial charge in [0.2, 0.25) is 0 Å². The van der Waals surface area contributed by atoms with E-state index in [1.807, 2.05) is 18.2 Å². The lowest BCUT2D eigenvalue weighted by atomic mass is 10.0. The summed E-state index contributed by atoms with van der Waals surface area (Å²) in [5, 5.41) is 1.69. The van der Waals surface area contributed by atoms with E-state index in [0.29, 0.717) is 5.15 Å². The smallest absolute Gasteiger partial charge is 0.137 e. The fourth-order valence-electron chi connectivity index (χ4n) is 2.23. The molecule has 0 radical (unpaired) electrons. The third kappa shape index (κ3) is 2.34. The molecule has 94 valence electrons. The molecule has 0 saturated heterocycles. The van der Waals surface area contributed by atoms with Crippen molar-refractivity contribution < 1.29 is 0 Å². The fourth-order valence-corrected chi connectivity index (χ4v) is 2.48. The molecule has 0 aliphatic carbocycles. The van der Waals surface area contributed by atoms with Crippen molar-refractivity contribution in [2.45, 2.75) is 13.3 Å². The molecule has 0 N–H and O–H groups in total. The van der Waals surface area contributed by atoms with Crippen LogP contribution in [-0.4, -0.2) is 4.98 Å². The Kier molecular flexibility index (Phi) is 3.22. The maximum absolute atomic E-state index is 6.32. The highest BCUT2D eigenvalue weighted by Gasteiger charge is 2.07. The number of nitrogens with zero attached hydrogens (tertiary/aromatic N) is 1. The van der Waals surface area contributed by atoms with E-state index in [4.69, 9.17) is 11.6 Å². The molecule has 0 saturated carbocycles. The number of fused-ring (bicyclic) bond motifs is 1. The molecular weight excluding hydrogens is 254 g/mol. The molecule has 0 atom stereocenters. The summed E-state index contributed by atoms with van der Waals surface area (Å²) in [5.74, 6) is 0. The largest absolute Gasteiger partial charge is 0.235 e. The van der Waals surface area contributed by atoms with Crippen molar-refractivity contribution in [1.82, 2.24) is 4.98 Å². The maximum atomic E-state index is 6.32. The molecule has 0 spiro atoms. The van der Waals surface area contributed by atoms with Gasteiger partial charge in [-0.3, -0.25) is 0 Å². The number of aromatic nitrogens is 1. The van der Waals surface area contributed by atoms with Gasteiger partial charge in [-0.05, 0) is 29.7 Å². The predicted molar refractivity (Wildman–Crippen MR) is 81.6 cm³/mol. The van der Waals surface area contributed by atoms with Crippen LogP contribution in [0.15, 0.2) is 54.6 Å². The summed E-state index contributed by atoms with van der Waals surface area (Å²) in [6, 6.07) is 18.6. The summed E-state index contributed by atoms with van der Waals surface area (Å²) in [6.07, 6.45) is 1.01. The lowest BCUT2D eigenvalue weighted by molar-refractivity contribution is 1.14. The minimum atomic E-state index is 0.562. The number of hydrogen-bond donors (Lipinski definition) is 0. The Morgan fingerprint density at radius 1 is 1.00 bits per heavy atom. The summed E-state index contributed by atoms with van der Waals surface area (Å²) >= 11 is 6.32. The van der Waals surface area contributed by atoms with Crippen LogP contribution in [0.3, 0.4) is 0 Å². The zero-order valence-electron chi connectivity index (χ0n) is 10.7. The van der Waals surface area contributed by atoms with Gasteiger partial charge in [0.1, 0.15) is 5.15 Å². The summed E-state index contributed by atoms with van der Waals surface area (Å²) < 4.78 is 0. The first-order valence-electron chi connectivity index (χ1n) is 6.42. The van der Waals surface area contributed by atoms with Crippen LogP contribution >= 0.6 is 11.6 Å². The number of rotatable bonds is 2. The first kappa shape index (κ1) is 12.2. The second-order valence-corrected chi connectivity index (χ2v) is 4.93. The molecule has 0 aliphatic heterocycles. The van der Waals surface area contributed by atoms with Gasteiger partial charge in [-0.2, -0.15) is 0 Å². The lowest BCUT2D eigenvalue weighted by Crippen LogP contribution is -1.88. The number of halogens is 1. The molecule has 1 nitrogen and oxygen atoms in total. The van der Waals surface area contributed by atoms with Gasteiger partial charge >= 0.3 is 0 Å². The van der Waals surface area contributed by atoms with E-state index in [-0.39, 0.29) is 0 Å². The zero-order valence-corrected chi connectivity index (χ0v) is 11.5. The Hall–Kier alpha value is -1.86. The molecule has 0 bridgehead atoms. The number of pyridine rings is 1. The molecule has 0 fully saturated rings. The van der Waals surface area contributed by atoms with Crippen molar-refractivity contribution >= 4 is 22.5 Å². The fraction of sp³-hybridized carbons (Fsp3) is 0.118. The van der Waals surface area contributed by atoms with Gasteiger partial charge in [0.25, 0.3) is 0 Å². The lowest BCUT2D eigenvalue weighted by Gasteiger charge is -2.07. The number of aryl methyl sites for hydroxylation is 1. The molecule has 3 aromatic rings. The Balaban J connectivity index is 2.20. The molecule has 0 unspecified atom stereocenters. The van der Waals surface area contributed by atoms with E-state index in [2.05, 4.69) is 48.3 Å². The Bertz CT molecular complexity index is 720. The molecular formula is C17H14ClN. The third-order valence-corrected chi connectivity index (χ3v) is 3.62. The number of hydrogen-bond acceptors (Lipinski definition) is 1. The molecule has 1 aromatic heterocycles. The van der Waals surface area contributed by atoms with Crippen LogP contribution in [0, 0.1) is 0 Å².